The second kappa shape index (κ2) is 6.96. The normalized spacial score (nSPS) is 13.5. The van der Waals surface area contributed by atoms with Crippen molar-refractivity contribution in [3.63, 3.8) is 0 Å². The second-order valence-corrected chi connectivity index (χ2v) is 5.12. The molecule has 0 fully saturated rings. The summed E-state index contributed by atoms with van der Waals surface area (Å²) in [6.45, 7) is 1.29. The first-order chi connectivity index (χ1) is 11.2. The van der Waals surface area contributed by atoms with Crippen LogP contribution in [0.25, 0.3) is 0 Å². The summed E-state index contributed by atoms with van der Waals surface area (Å²) in [7, 11) is 0. The van der Waals surface area contributed by atoms with Gasteiger partial charge in [-0.1, -0.05) is 6.07 Å². The molecule has 0 heterocycles. The highest BCUT2D eigenvalue weighted by atomic mass is 19.2. The second-order valence-electron chi connectivity index (χ2n) is 5.12. The molecule has 24 heavy (non-hydrogen) atoms. The fourth-order valence-corrected chi connectivity index (χ4v) is 2.10. The third-order valence-electron chi connectivity index (χ3n) is 3.35. The lowest BCUT2D eigenvalue weighted by molar-refractivity contribution is 0.0843. The van der Waals surface area contributed by atoms with Gasteiger partial charge in [0.05, 0.1) is 12.1 Å². The number of halogens is 5. The van der Waals surface area contributed by atoms with Crippen LogP contribution >= 0.6 is 0 Å². The molecule has 0 aromatic heterocycles. The maximum absolute atomic E-state index is 13.5. The van der Waals surface area contributed by atoms with E-state index in [1.165, 1.54) is 6.92 Å². The minimum absolute atomic E-state index is 0.0400. The number of aliphatic hydroxyl groups is 1. The molecule has 0 aliphatic heterocycles. The molecule has 0 radical (unpaired) electrons. The van der Waals surface area contributed by atoms with Crippen LogP contribution in [0.1, 0.15) is 28.9 Å². The molecule has 2 rings (SSSR count). The van der Waals surface area contributed by atoms with Gasteiger partial charge in [0.15, 0.2) is 11.6 Å². The largest absolute Gasteiger partial charge is 0.386 e. The molecule has 1 amide bonds. The number of amides is 1. The Kier molecular flexibility index (Phi) is 5.18. The van der Waals surface area contributed by atoms with E-state index in [0.29, 0.717) is 12.1 Å². The molecule has 8 heteroatoms. The molecule has 2 N–H and O–H groups in total. The quantitative estimate of drug-likeness (QED) is 0.836. The highest BCUT2D eigenvalue weighted by Crippen LogP contribution is 2.20. The Morgan fingerprint density at radius 2 is 1.54 bits per heavy atom. The fraction of sp³-hybridized carbons (Fsp3) is 0.188. The monoisotopic (exact) mass is 345 g/mol. The predicted octanol–water partition coefficient (Wildman–Crippen LogP) is 3.23. The van der Waals surface area contributed by atoms with Gasteiger partial charge < -0.3 is 10.4 Å². The molecule has 2 aromatic carbocycles. The third kappa shape index (κ3) is 3.70. The molecule has 2 aromatic rings. The van der Waals surface area contributed by atoms with E-state index in [4.69, 9.17) is 0 Å². The van der Waals surface area contributed by atoms with Crippen molar-refractivity contribution in [2.45, 2.75) is 19.1 Å². The smallest absolute Gasteiger partial charge is 0.257 e. The van der Waals surface area contributed by atoms with Crippen LogP contribution in [-0.4, -0.2) is 17.1 Å². The third-order valence-corrected chi connectivity index (χ3v) is 3.35. The van der Waals surface area contributed by atoms with E-state index in [2.05, 4.69) is 5.32 Å². The van der Waals surface area contributed by atoms with Crippen LogP contribution in [0.4, 0.5) is 22.0 Å². The van der Waals surface area contributed by atoms with E-state index in [9.17, 15) is 31.9 Å². The summed E-state index contributed by atoms with van der Waals surface area (Å²) in [5.41, 5.74) is -1.05. The molecule has 3 nitrogen and oxygen atoms in total. The van der Waals surface area contributed by atoms with Gasteiger partial charge in [-0.2, -0.15) is 0 Å². The van der Waals surface area contributed by atoms with Crippen molar-refractivity contribution in [1.82, 2.24) is 5.32 Å². The highest BCUT2D eigenvalue weighted by Gasteiger charge is 2.24. The number of rotatable bonds is 4. The van der Waals surface area contributed by atoms with Gasteiger partial charge in [-0.25, -0.2) is 22.0 Å². The van der Waals surface area contributed by atoms with Crippen LogP contribution < -0.4 is 5.32 Å². The minimum atomic E-state index is -1.46. The summed E-state index contributed by atoms with van der Waals surface area (Å²) in [6.07, 6.45) is -1.46. The van der Waals surface area contributed by atoms with Crippen LogP contribution in [0.2, 0.25) is 0 Å². The molecule has 0 bridgehead atoms. The maximum atomic E-state index is 13.5. The Morgan fingerprint density at radius 1 is 0.958 bits per heavy atom. The topological polar surface area (TPSA) is 49.3 Å². The first-order valence-electron chi connectivity index (χ1n) is 6.79. The van der Waals surface area contributed by atoms with E-state index in [0.717, 1.165) is 18.2 Å². The van der Waals surface area contributed by atoms with Crippen molar-refractivity contribution in [3.8, 4) is 0 Å². The zero-order valence-corrected chi connectivity index (χ0v) is 12.3. The van der Waals surface area contributed by atoms with Crippen LogP contribution in [0.3, 0.4) is 0 Å². The number of hydrogen-bond donors (Lipinski definition) is 2. The molecule has 0 saturated carbocycles. The molecule has 0 saturated heterocycles. The summed E-state index contributed by atoms with van der Waals surface area (Å²) in [5.74, 6) is -7.52. The number of hydrogen-bond acceptors (Lipinski definition) is 2. The van der Waals surface area contributed by atoms with Crippen molar-refractivity contribution in [3.05, 3.63) is 70.5 Å². The van der Waals surface area contributed by atoms with E-state index in [-0.39, 0.29) is 5.56 Å². The van der Waals surface area contributed by atoms with Gasteiger partial charge in [-0.15, -0.1) is 0 Å². The molecular weight excluding hydrogens is 333 g/mol. The molecular formula is C16H12F5NO2. The van der Waals surface area contributed by atoms with E-state index < -0.39 is 52.7 Å². The molecule has 0 spiro atoms. The fourth-order valence-electron chi connectivity index (χ4n) is 2.10. The summed E-state index contributed by atoms with van der Waals surface area (Å²) in [4.78, 5) is 11.9. The van der Waals surface area contributed by atoms with Gasteiger partial charge in [0, 0.05) is 12.1 Å². The molecule has 0 aliphatic carbocycles. The lowest BCUT2D eigenvalue weighted by Crippen LogP contribution is -2.38. The predicted molar refractivity (Wildman–Crippen MR) is 74.6 cm³/mol. The summed E-state index contributed by atoms with van der Waals surface area (Å²) in [5, 5.41) is 12.2. The van der Waals surface area contributed by atoms with Gasteiger partial charge >= 0.3 is 0 Å². The summed E-state index contributed by atoms with van der Waals surface area (Å²) in [6, 6.07) is 2.23. The van der Waals surface area contributed by atoms with Crippen molar-refractivity contribution < 1.29 is 31.9 Å². The number of carbonyl (C=O) groups is 1. The first kappa shape index (κ1) is 17.9. The van der Waals surface area contributed by atoms with E-state index in [1.54, 1.807) is 0 Å². The first-order valence-corrected chi connectivity index (χ1v) is 6.79. The Hall–Kier alpha value is -2.48. The van der Waals surface area contributed by atoms with Crippen LogP contribution in [0.15, 0.2) is 30.3 Å². The van der Waals surface area contributed by atoms with Crippen LogP contribution in [0.5, 0.6) is 0 Å². The van der Waals surface area contributed by atoms with E-state index in [1.807, 2.05) is 0 Å². The van der Waals surface area contributed by atoms with Crippen molar-refractivity contribution in [1.29, 1.82) is 0 Å². The molecule has 128 valence electrons. The maximum Gasteiger partial charge on any atom is 0.257 e. The number of carbonyl (C=O) groups excluding carboxylic acids is 1. The summed E-state index contributed by atoms with van der Waals surface area (Å²) >= 11 is 0. The number of nitrogens with one attached hydrogen (secondary N) is 1. The van der Waals surface area contributed by atoms with E-state index >= 15 is 0 Å². The van der Waals surface area contributed by atoms with Crippen molar-refractivity contribution >= 4 is 5.91 Å². The van der Waals surface area contributed by atoms with Crippen molar-refractivity contribution in [2.75, 3.05) is 0 Å². The lowest BCUT2D eigenvalue weighted by atomic mass is 10.0. The standard InChI is InChI=1S/C16H12F5NO2/c1-7(15(23)8-2-3-10(18)11(19)4-8)22-16(24)14-12(20)5-9(17)6-13(14)21/h2-7,15,23H,1H3,(H,22,24). The van der Waals surface area contributed by atoms with Gasteiger partial charge in [0.1, 0.15) is 23.0 Å². The van der Waals surface area contributed by atoms with Crippen LogP contribution in [-0.2, 0) is 0 Å². The van der Waals surface area contributed by atoms with Gasteiger partial charge in [0.2, 0.25) is 0 Å². The zero-order valence-electron chi connectivity index (χ0n) is 12.3. The van der Waals surface area contributed by atoms with Crippen LogP contribution in [0, 0.1) is 29.1 Å². The Morgan fingerprint density at radius 3 is 2.08 bits per heavy atom. The number of benzene rings is 2. The summed E-state index contributed by atoms with van der Waals surface area (Å²) < 4.78 is 66.0. The Balaban J connectivity index is 2.18. The number of aliphatic hydroxyl groups excluding tert-OH is 1. The molecule has 2 unspecified atom stereocenters. The average molecular weight is 345 g/mol. The average Bonchev–Trinajstić information content (AvgIpc) is 2.48. The van der Waals surface area contributed by atoms with Gasteiger partial charge in [-0.3, -0.25) is 4.79 Å². The van der Waals surface area contributed by atoms with Crippen molar-refractivity contribution in [2.24, 2.45) is 0 Å². The van der Waals surface area contributed by atoms with Gasteiger partial charge in [0.25, 0.3) is 5.91 Å². The highest BCUT2D eigenvalue weighted by molar-refractivity contribution is 5.95. The minimum Gasteiger partial charge on any atom is -0.386 e. The molecule has 2 atom stereocenters. The SMILES string of the molecule is CC(NC(=O)c1c(F)cc(F)cc1F)C(O)c1ccc(F)c(F)c1. The Bertz CT molecular complexity index is 758. The molecule has 0 aliphatic rings. The van der Waals surface area contributed by atoms with Gasteiger partial charge in [-0.05, 0) is 24.6 Å². The lowest BCUT2D eigenvalue weighted by Gasteiger charge is -2.21. The zero-order chi connectivity index (χ0) is 18.0. The Labute approximate surface area is 133 Å².